The first-order valence-corrected chi connectivity index (χ1v) is 21.3. The predicted octanol–water partition coefficient (Wildman–Crippen LogP) is 6.00. The minimum absolute atomic E-state index is 0.0533. The molecule has 0 aliphatic heterocycles. The molecule has 0 radical (unpaired) electrons. The van der Waals surface area contributed by atoms with E-state index in [-0.39, 0.29) is 30.5 Å². The third-order valence-corrected chi connectivity index (χ3v) is 14.0. The van der Waals surface area contributed by atoms with Crippen LogP contribution in [0.1, 0.15) is 108 Å². The summed E-state index contributed by atoms with van der Waals surface area (Å²) in [6.45, 7) is 7.25. The molecule has 3 fully saturated rings. The van der Waals surface area contributed by atoms with E-state index in [9.17, 15) is 40.2 Å². The molecule has 2 aromatic rings. The number of hydrogen-bond acceptors (Lipinski definition) is 10. The second-order valence-electron chi connectivity index (χ2n) is 17.5. The first-order valence-electron chi connectivity index (χ1n) is 21.3. The highest BCUT2D eigenvalue weighted by atomic mass is 19.1. The Morgan fingerprint density at radius 3 is 2.41 bits per heavy atom. The Bertz CT molecular complexity index is 1750. The predicted molar refractivity (Wildman–Crippen MR) is 220 cm³/mol. The number of halogens is 1. The fourth-order valence-corrected chi connectivity index (χ4v) is 10.6. The first kappa shape index (κ1) is 45.8. The van der Waals surface area contributed by atoms with Crippen molar-refractivity contribution in [3.05, 3.63) is 89.0 Å². The van der Waals surface area contributed by atoms with Crippen molar-refractivity contribution in [2.75, 3.05) is 32.9 Å². The maximum Gasteiger partial charge on any atom is 0.190 e. The number of benzene rings is 2. The van der Waals surface area contributed by atoms with Crippen LogP contribution in [0.4, 0.5) is 4.39 Å². The third-order valence-electron chi connectivity index (χ3n) is 14.0. The van der Waals surface area contributed by atoms with Gasteiger partial charge in [0, 0.05) is 42.1 Å². The van der Waals surface area contributed by atoms with Crippen molar-refractivity contribution in [3.8, 4) is 5.75 Å². The summed E-state index contributed by atoms with van der Waals surface area (Å²) in [6, 6.07) is 15.4. The molecule has 1 unspecified atom stereocenters. The van der Waals surface area contributed by atoms with Crippen LogP contribution in [-0.4, -0.2) is 92.5 Å². The molecule has 0 spiro atoms. The fraction of sp³-hybridized carbons (Fsp3) is 0.617. The van der Waals surface area contributed by atoms with Crippen molar-refractivity contribution in [3.63, 3.8) is 0 Å². The Kier molecular flexibility index (Phi) is 15.7. The molecule has 58 heavy (non-hydrogen) atoms. The molecule has 4 aliphatic carbocycles. The quantitative estimate of drug-likeness (QED) is 0.0885. The van der Waals surface area contributed by atoms with E-state index in [4.69, 9.17) is 4.74 Å². The average Bonchev–Trinajstić information content (AvgIpc) is 3.42. The topological polar surface area (TPSA) is 177 Å². The van der Waals surface area contributed by atoms with Gasteiger partial charge in [-0.1, -0.05) is 74.7 Å². The molecule has 10 nitrogen and oxygen atoms in total. The summed E-state index contributed by atoms with van der Waals surface area (Å²) in [5.41, 5.74) is -2.64. The number of carbonyl (C=O) groups is 2. The maximum atomic E-state index is 16.9. The minimum Gasteiger partial charge on any atom is -0.508 e. The number of ether oxygens (including phenoxy) is 1. The molecule has 0 amide bonds. The number of aryl methyl sites for hydroxylation is 1. The average molecular weight is 808 g/mol. The van der Waals surface area contributed by atoms with Crippen LogP contribution in [0.3, 0.4) is 0 Å². The van der Waals surface area contributed by atoms with Crippen LogP contribution in [-0.2, 0) is 27.4 Å². The lowest BCUT2D eigenvalue weighted by Crippen LogP contribution is -2.69. The van der Waals surface area contributed by atoms with Crippen LogP contribution in [0.25, 0.3) is 0 Å². The molecule has 9 atom stereocenters. The van der Waals surface area contributed by atoms with E-state index in [1.165, 1.54) is 30.2 Å². The molecule has 0 heterocycles. The molecule has 0 saturated heterocycles. The van der Waals surface area contributed by atoms with Crippen LogP contribution >= 0.6 is 0 Å². The highest BCUT2D eigenvalue weighted by Gasteiger charge is 2.75. The van der Waals surface area contributed by atoms with Gasteiger partial charge in [0.05, 0.1) is 18.8 Å². The number of nitrogens with one attached hydrogen (secondary N) is 1. The van der Waals surface area contributed by atoms with E-state index < -0.39 is 58.5 Å². The van der Waals surface area contributed by atoms with E-state index in [0.29, 0.717) is 42.5 Å². The smallest absolute Gasteiger partial charge is 0.190 e. The Hall–Kier alpha value is -3.29. The molecule has 320 valence electrons. The molecule has 3 saturated carbocycles. The highest BCUT2D eigenvalue weighted by molar-refractivity contribution is 6.01. The van der Waals surface area contributed by atoms with Gasteiger partial charge in [-0.15, -0.1) is 0 Å². The summed E-state index contributed by atoms with van der Waals surface area (Å²) in [5, 5.41) is 64.2. The Morgan fingerprint density at radius 1 is 1.00 bits per heavy atom. The largest absolute Gasteiger partial charge is 0.508 e. The van der Waals surface area contributed by atoms with Crippen molar-refractivity contribution >= 4 is 11.6 Å². The fourth-order valence-electron chi connectivity index (χ4n) is 10.6. The molecule has 0 bridgehead atoms. The summed E-state index contributed by atoms with van der Waals surface area (Å²) in [6.07, 6.45) is 11.7. The van der Waals surface area contributed by atoms with Gasteiger partial charge in [-0.05, 0) is 119 Å². The number of aliphatic hydroxyl groups is 5. The summed E-state index contributed by atoms with van der Waals surface area (Å²) in [5.74, 6) is -2.07. The van der Waals surface area contributed by atoms with Crippen molar-refractivity contribution < 1.29 is 49.4 Å². The van der Waals surface area contributed by atoms with E-state index in [1.54, 1.807) is 39.0 Å². The third kappa shape index (κ3) is 9.21. The second-order valence-corrected chi connectivity index (χ2v) is 17.5. The van der Waals surface area contributed by atoms with Crippen LogP contribution in [0.5, 0.6) is 5.75 Å². The standard InChI is InChI=1S/C25H37NO4.C22H29FO5/c27-20-23-18-22(13-14-24(23)28)25(29)19-26-15-7-1-2-8-16-30-17-9-6-12-21-10-4-3-5-11-21;1-12-8-16-15-5-4-13-9-14(25)6-7-19(13,2)21(15,23)17(26)10-20(16,3)22(12,28)18(27)11-24/h3-5,10-11,13-14,18,25-29H,1-2,6-9,12,15-17,19-20H2;6-7,9,12,15-17,24,26,28H,4-5,8,10-11H2,1-3H3/t;12-,15+,16+,17+,19+,20+,21+,22+/m.1/s1. The molecule has 7 N–H and O–H groups in total. The molecule has 6 rings (SSSR count). The minimum atomic E-state index is -1.98. The van der Waals surface area contributed by atoms with Gasteiger partial charge in [0.25, 0.3) is 0 Å². The number of ketones is 2. The Balaban J connectivity index is 0.000000221. The summed E-state index contributed by atoms with van der Waals surface area (Å²) in [7, 11) is 0. The number of aliphatic hydroxyl groups excluding tert-OH is 4. The number of rotatable bonds is 18. The van der Waals surface area contributed by atoms with E-state index in [1.807, 2.05) is 0 Å². The van der Waals surface area contributed by atoms with Crippen LogP contribution in [0, 0.1) is 28.6 Å². The van der Waals surface area contributed by atoms with E-state index >= 15 is 4.39 Å². The van der Waals surface area contributed by atoms with Gasteiger partial charge in [0.15, 0.2) is 17.2 Å². The van der Waals surface area contributed by atoms with Crippen molar-refractivity contribution in [1.82, 2.24) is 5.32 Å². The molecular formula is C47H66FNO9. The number of Topliss-reactive ketones (excluding diaryl/α,β-unsaturated/α-hetero) is 1. The lowest BCUT2D eigenvalue weighted by molar-refractivity contribution is -0.219. The normalized spacial score (nSPS) is 31.7. The van der Waals surface area contributed by atoms with Crippen molar-refractivity contribution in [2.24, 2.45) is 28.6 Å². The number of aromatic hydroxyl groups is 1. The lowest BCUT2D eigenvalue weighted by atomic mass is 9.44. The number of allylic oxidation sites excluding steroid dienone is 4. The van der Waals surface area contributed by atoms with E-state index in [0.717, 1.165) is 58.3 Å². The van der Waals surface area contributed by atoms with Gasteiger partial charge < -0.3 is 40.7 Å². The van der Waals surface area contributed by atoms with Gasteiger partial charge in [-0.25, -0.2) is 4.39 Å². The van der Waals surface area contributed by atoms with Gasteiger partial charge in [-0.3, -0.25) is 9.59 Å². The number of hydrogen-bond donors (Lipinski definition) is 7. The van der Waals surface area contributed by atoms with Crippen LogP contribution < -0.4 is 5.32 Å². The summed E-state index contributed by atoms with van der Waals surface area (Å²) < 4.78 is 22.6. The molecule has 11 heteroatoms. The van der Waals surface area contributed by atoms with Gasteiger partial charge >= 0.3 is 0 Å². The monoisotopic (exact) mass is 807 g/mol. The number of unbranched alkanes of at least 4 members (excludes halogenated alkanes) is 4. The number of carbonyl (C=O) groups excluding carboxylic acids is 2. The zero-order valence-corrected chi connectivity index (χ0v) is 34.5. The Morgan fingerprint density at radius 2 is 1.71 bits per heavy atom. The number of alkyl halides is 1. The van der Waals surface area contributed by atoms with Crippen molar-refractivity contribution in [1.29, 1.82) is 0 Å². The molecule has 2 aromatic carbocycles. The van der Waals surface area contributed by atoms with Crippen LogP contribution in [0.15, 0.2) is 72.3 Å². The van der Waals surface area contributed by atoms with Crippen LogP contribution in [0.2, 0.25) is 0 Å². The molecular weight excluding hydrogens is 742 g/mol. The number of fused-ring (bicyclic) bond motifs is 5. The zero-order valence-electron chi connectivity index (χ0n) is 34.5. The maximum absolute atomic E-state index is 16.9. The van der Waals surface area contributed by atoms with Gasteiger partial charge in [0.2, 0.25) is 0 Å². The van der Waals surface area contributed by atoms with Gasteiger partial charge in [-0.2, -0.15) is 0 Å². The summed E-state index contributed by atoms with van der Waals surface area (Å²) in [4.78, 5) is 24.4. The summed E-state index contributed by atoms with van der Waals surface area (Å²) >= 11 is 0. The second kappa shape index (κ2) is 19.8. The zero-order chi connectivity index (χ0) is 42.1. The Labute approximate surface area is 343 Å². The molecule has 0 aromatic heterocycles. The SMILES string of the molecule is C[C@@H]1C[C@H]2[C@@H]3CCC4=CC(=O)C=C[C@]4(C)[C@@]3(F)[C@@H](O)C[C@]2(C)[C@@]1(O)C(=O)CO.OCc1cc(C(O)CNCCCCCCOCCCCc2ccccc2)ccc1O. The van der Waals surface area contributed by atoms with E-state index in [2.05, 4.69) is 35.6 Å². The number of phenols is 1. The van der Waals surface area contributed by atoms with Crippen molar-refractivity contribution in [2.45, 2.75) is 121 Å². The van der Waals surface area contributed by atoms with Gasteiger partial charge in [0.1, 0.15) is 18.0 Å². The highest BCUT2D eigenvalue weighted by Crippen LogP contribution is 2.70. The molecule has 4 aliphatic rings. The lowest BCUT2D eigenvalue weighted by Gasteiger charge is -2.62. The first-order chi connectivity index (χ1) is 27.7.